The second-order valence-electron chi connectivity index (χ2n) is 6.22. The fourth-order valence-corrected chi connectivity index (χ4v) is 2.70. The molecule has 0 bridgehead atoms. The SMILES string of the molecule is CCN(C(=O)[C@H](C)[NH+](C)CC(=O)Nc1cccc(F)c1)c1ccccc1. The fourth-order valence-electron chi connectivity index (χ4n) is 2.70. The lowest BCUT2D eigenvalue weighted by atomic mass is 10.2. The normalized spacial score (nSPS) is 12.9. The smallest absolute Gasteiger partial charge is 0.284 e. The number of rotatable bonds is 7. The molecule has 138 valence electrons. The highest BCUT2D eigenvalue weighted by Crippen LogP contribution is 2.13. The summed E-state index contributed by atoms with van der Waals surface area (Å²) < 4.78 is 13.2. The summed E-state index contributed by atoms with van der Waals surface area (Å²) in [5, 5.41) is 2.66. The highest BCUT2D eigenvalue weighted by molar-refractivity contribution is 5.96. The van der Waals surface area contributed by atoms with Crippen LogP contribution in [0, 0.1) is 5.82 Å². The molecule has 2 rings (SSSR count). The minimum atomic E-state index is -0.409. The number of hydrogen-bond acceptors (Lipinski definition) is 2. The first-order valence-corrected chi connectivity index (χ1v) is 8.66. The van der Waals surface area contributed by atoms with Crippen molar-refractivity contribution in [3.8, 4) is 0 Å². The van der Waals surface area contributed by atoms with E-state index in [-0.39, 0.29) is 18.4 Å². The van der Waals surface area contributed by atoms with Crippen molar-refractivity contribution in [3.05, 3.63) is 60.4 Å². The number of halogens is 1. The maximum Gasteiger partial charge on any atom is 0.284 e. The number of carbonyl (C=O) groups is 2. The number of quaternary nitrogens is 1. The molecular weight excluding hydrogens is 333 g/mol. The van der Waals surface area contributed by atoms with Gasteiger partial charge in [-0.15, -0.1) is 0 Å². The Morgan fingerprint density at radius 3 is 2.46 bits per heavy atom. The Kier molecular flexibility index (Phi) is 6.86. The molecule has 2 N–H and O–H groups in total. The van der Waals surface area contributed by atoms with Crippen molar-refractivity contribution in [1.29, 1.82) is 0 Å². The van der Waals surface area contributed by atoms with Crippen LogP contribution in [0.1, 0.15) is 13.8 Å². The van der Waals surface area contributed by atoms with Crippen LogP contribution < -0.4 is 15.1 Å². The number of anilines is 2. The van der Waals surface area contributed by atoms with E-state index in [1.807, 2.05) is 37.3 Å². The van der Waals surface area contributed by atoms with Crippen molar-refractivity contribution in [2.75, 3.05) is 30.4 Å². The van der Waals surface area contributed by atoms with E-state index in [1.165, 1.54) is 18.2 Å². The number of para-hydroxylation sites is 1. The van der Waals surface area contributed by atoms with Crippen molar-refractivity contribution in [3.63, 3.8) is 0 Å². The summed E-state index contributed by atoms with van der Waals surface area (Å²) in [5.41, 5.74) is 1.24. The molecule has 26 heavy (non-hydrogen) atoms. The van der Waals surface area contributed by atoms with Gasteiger partial charge in [-0.2, -0.15) is 0 Å². The van der Waals surface area contributed by atoms with E-state index in [0.29, 0.717) is 12.2 Å². The Balaban J connectivity index is 1.98. The molecule has 0 fully saturated rings. The molecule has 2 amide bonds. The van der Waals surface area contributed by atoms with E-state index >= 15 is 0 Å². The van der Waals surface area contributed by atoms with E-state index in [1.54, 1.807) is 24.9 Å². The van der Waals surface area contributed by atoms with Gasteiger partial charge in [-0.3, -0.25) is 9.59 Å². The lowest BCUT2D eigenvalue weighted by Crippen LogP contribution is -3.15. The Morgan fingerprint density at radius 2 is 1.85 bits per heavy atom. The van der Waals surface area contributed by atoms with E-state index < -0.39 is 11.9 Å². The maximum absolute atomic E-state index is 13.2. The molecule has 0 heterocycles. The first-order valence-electron chi connectivity index (χ1n) is 8.66. The third-order valence-electron chi connectivity index (χ3n) is 4.31. The molecule has 0 saturated carbocycles. The number of benzene rings is 2. The third-order valence-corrected chi connectivity index (χ3v) is 4.31. The highest BCUT2D eigenvalue weighted by atomic mass is 19.1. The van der Waals surface area contributed by atoms with Gasteiger partial charge in [-0.05, 0) is 44.2 Å². The van der Waals surface area contributed by atoms with Crippen LogP contribution in [-0.4, -0.2) is 38.0 Å². The average Bonchev–Trinajstić information content (AvgIpc) is 2.62. The number of likely N-dealkylation sites (N-methyl/N-ethyl adjacent to an activating group) is 2. The highest BCUT2D eigenvalue weighted by Gasteiger charge is 2.28. The Labute approximate surface area is 153 Å². The largest absolute Gasteiger partial charge is 0.321 e. The first-order chi connectivity index (χ1) is 12.4. The minimum absolute atomic E-state index is 0.0465. The monoisotopic (exact) mass is 358 g/mol. The van der Waals surface area contributed by atoms with Crippen LogP contribution in [0.25, 0.3) is 0 Å². The fraction of sp³-hybridized carbons (Fsp3) is 0.300. The van der Waals surface area contributed by atoms with Gasteiger partial charge >= 0.3 is 0 Å². The zero-order chi connectivity index (χ0) is 19.1. The van der Waals surface area contributed by atoms with Crippen LogP contribution in [-0.2, 0) is 9.59 Å². The summed E-state index contributed by atoms with van der Waals surface area (Å²) in [6, 6.07) is 14.8. The summed E-state index contributed by atoms with van der Waals surface area (Å²) in [6.45, 7) is 4.38. The van der Waals surface area contributed by atoms with E-state index in [0.717, 1.165) is 10.6 Å². The van der Waals surface area contributed by atoms with Crippen molar-refractivity contribution in [1.82, 2.24) is 0 Å². The minimum Gasteiger partial charge on any atom is -0.321 e. The first kappa shape index (κ1) is 19.6. The molecule has 0 aliphatic heterocycles. The van der Waals surface area contributed by atoms with Crippen LogP contribution in [0.3, 0.4) is 0 Å². The lowest BCUT2D eigenvalue weighted by Gasteiger charge is -2.27. The van der Waals surface area contributed by atoms with E-state index in [9.17, 15) is 14.0 Å². The summed E-state index contributed by atoms with van der Waals surface area (Å²) >= 11 is 0. The van der Waals surface area contributed by atoms with Crippen LogP contribution in [0.2, 0.25) is 0 Å². The Morgan fingerprint density at radius 1 is 1.15 bits per heavy atom. The predicted octanol–water partition coefficient (Wildman–Crippen LogP) is 1.72. The second-order valence-corrected chi connectivity index (χ2v) is 6.22. The van der Waals surface area contributed by atoms with Crippen molar-refractivity contribution in [2.45, 2.75) is 19.9 Å². The summed E-state index contributed by atoms with van der Waals surface area (Å²) in [4.78, 5) is 27.5. The zero-order valence-electron chi connectivity index (χ0n) is 15.3. The van der Waals surface area contributed by atoms with Gasteiger partial charge in [0.05, 0.1) is 7.05 Å². The van der Waals surface area contributed by atoms with Gasteiger partial charge in [0, 0.05) is 17.9 Å². The van der Waals surface area contributed by atoms with Crippen LogP contribution in [0.15, 0.2) is 54.6 Å². The van der Waals surface area contributed by atoms with Gasteiger partial charge < -0.3 is 15.1 Å². The average molecular weight is 358 g/mol. The number of nitrogens with one attached hydrogen (secondary N) is 2. The number of amides is 2. The quantitative estimate of drug-likeness (QED) is 0.792. The molecule has 0 spiro atoms. The molecule has 0 aromatic heterocycles. The van der Waals surface area contributed by atoms with Crippen LogP contribution in [0.4, 0.5) is 15.8 Å². The third kappa shape index (κ3) is 5.13. The topological polar surface area (TPSA) is 53.9 Å². The molecule has 0 aliphatic rings. The van der Waals surface area contributed by atoms with Gasteiger partial charge in [0.1, 0.15) is 5.82 Å². The van der Waals surface area contributed by atoms with E-state index in [4.69, 9.17) is 0 Å². The number of hydrogen-bond donors (Lipinski definition) is 2. The molecular formula is C20H25FN3O2+. The van der Waals surface area contributed by atoms with Gasteiger partial charge in [0.2, 0.25) is 0 Å². The zero-order valence-corrected chi connectivity index (χ0v) is 15.3. The molecule has 0 aliphatic carbocycles. The molecule has 1 unspecified atom stereocenters. The van der Waals surface area contributed by atoms with Gasteiger partial charge in [0.15, 0.2) is 12.6 Å². The predicted molar refractivity (Wildman–Crippen MR) is 101 cm³/mol. The van der Waals surface area contributed by atoms with Gasteiger partial charge in [0.25, 0.3) is 11.8 Å². The van der Waals surface area contributed by atoms with Gasteiger partial charge in [-0.25, -0.2) is 4.39 Å². The van der Waals surface area contributed by atoms with Crippen molar-refractivity contribution in [2.24, 2.45) is 0 Å². The molecule has 0 radical (unpaired) electrons. The summed E-state index contributed by atoms with van der Waals surface area (Å²) in [6.07, 6.45) is 0. The number of nitrogens with zero attached hydrogens (tertiary/aromatic N) is 1. The van der Waals surface area contributed by atoms with Crippen molar-refractivity contribution < 1.29 is 18.9 Å². The molecule has 2 aromatic carbocycles. The Bertz CT molecular complexity index is 752. The lowest BCUT2D eigenvalue weighted by molar-refractivity contribution is -0.885. The molecule has 2 aromatic rings. The Hall–Kier alpha value is -2.73. The molecule has 0 saturated heterocycles. The molecule has 6 heteroatoms. The van der Waals surface area contributed by atoms with Crippen LogP contribution in [0.5, 0.6) is 0 Å². The maximum atomic E-state index is 13.2. The second kappa shape index (κ2) is 9.10. The molecule has 2 atom stereocenters. The van der Waals surface area contributed by atoms with Crippen LogP contribution >= 0.6 is 0 Å². The molecule has 5 nitrogen and oxygen atoms in total. The standard InChI is InChI=1S/C20H24FN3O2/c1-4-24(18-11-6-5-7-12-18)20(26)15(2)23(3)14-19(25)22-17-10-8-9-16(21)13-17/h5-13,15H,4,14H2,1-3H3,(H,22,25)/p+1/t15-/m0/s1. The van der Waals surface area contributed by atoms with Gasteiger partial charge in [-0.1, -0.05) is 24.3 Å². The summed E-state index contributed by atoms with van der Waals surface area (Å²) in [5.74, 6) is -0.723. The summed E-state index contributed by atoms with van der Waals surface area (Å²) in [7, 11) is 1.80. The van der Waals surface area contributed by atoms with Crippen molar-refractivity contribution >= 4 is 23.2 Å². The number of carbonyl (C=O) groups excluding carboxylic acids is 2. The van der Waals surface area contributed by atoms with E-state index in [2.05, 4.69) is 5.32 Å².